The number of amides is 2. The van der Waals surface area contributed by atoms with E-state index in [0.717, 1.165) is 59.6 Å². The standard InChI is InChI=1S/C50H56N2O5/c1-33(34-11-6-5-7-12-34)51-45(55)52(31-37-15-10-14-35-13-8-9-16-40(35)37)32-49(56)26-23-43-47(49,3)25-22-42-46(2)24-21-38(53)29-48(46)27-28-50(42,43)41(30-48)44(54)36-17-19-39(57-4)20-18-36/h5-20,27-28,30,33,38,42-43,53,56H,21-26,29,31-32H2,1-4H3,(H,51,55). The van der Waals surface area contributed by atoms with E-state index < -0.39 is 27.9 Å². The van der Waals surface area contributed by atoms with Gasteiger partial charge < -0.3 is 25.2 Å². The summed E-state index contributed by atoms with van der Waals surface area (Å²) >= 11 is 0. The van der Waals surface area contributed by atoms with Gasteiger partial charge in [-0.1, -0.05) is 105 Å². The Bertz CT molecular complexity index is 2260. The molecule has 4 aromatic carbocycles. The Morgan fingerprint density at radius 2 is 1.53 bits per heavy atom. The summed E-state index contributed by atoms with van der Waals surface area (Å²) in [5.41, 5.74) is 0.512. The fourth-order valence-electron chi connectivity index (χ4n) is 12.7. The number of Topliss-reactive ketones (excluding diaryl/α,β-unsaturated/α-hetero) is 1. The van der Waals surface area contributed by atoms with Crippen LogP contribution in [0.3, 0.4) is 0 Å². The molecule has 10 rings (SSSR count). The number of benzene rings is 4. The first kappa shape index (κ1) is 37.8. The van der Waals surface area contributed by atoms with Crippen molar-refractivity contribution >= 4 is 22.6 Å². The van der Waals surface area contributed by atoms with Crippen molar-refractivity contribution in [1.82, 2.24) is 10.2 Å². The molecule has 3 N–H and O–H groups in total. The molecule has 0 aliphatic heterocycles. The van der Waals surface area contributed by atoms with E-state index in [1.807, 2.05) is 84.6 Å². The summed E-state index contributed by atoms with van der Waals surface area (Å²) in [4.78, 5) is 31.4. The molecule has 57 heavy (non-hydrogen) atoms. The number of hydrogen-bond acceptors (Lipinski definition) is 5. The van der Waals surface area contributed by atoms with Gasteiger partial charge in [-0.3, -0.25) is 4.79 Å². The second-order valence-corrected chi connectivity index (χ2v) is 18.4. The van der Waals surface area contributed by atoms with Gasteiger partial charge in [0.1, 0.15) is 5.75 Å². The molecule has 0 saturated heterocycles. The van der Waals surface area contributed by atoms with Crippen LogP contribution in [0.2, 0.25) is 0 Å². The highest BCUT2D eigenvalue weighted by Gasteiger charge is 2.74. The number of fused-ring (bicyclic) bond motifs is 2. The predicted octanol–water partition coefficient (Wildman–Crippen LogP) is 9.60. The molecule has 7 heteroatoms. The van der Waals surface area contributed by atoms with Gasteiger partial charge in [0.15, 0.2) is 5.78 Å². The number of allylic oxidation sites excluding steroid dienone is 4. The molecule has 6 aliphatic carbocycles. The zero-order valence-corrected chi connectivity index (χ0v) is 33.7. The van der Waals surface area contributed by atoms with Crippen LogP contribution >= 0.6 is 0 Å². The summed E-state index contributed by atoms with van der Waals surface area (Å²) < 4.78 is 5.44. The number of hydrogen-bond donors (Lipinski definition) is 3. The van der Waals surface area contributed by atoms with Crippen molar-refractivity contribution in [2.24, 2.45) is 33.5 Å². The van der Waals surface area contributed by atoms with E-state index in [1.165, 1.54) is 0 Å². The molecule has 9 unspecified atom stereocenters. The lowest BCUT2D eigenvalue weighted by Gasteiger charge is -2.71. The highest BCUT2D eigenvalue weighted by Crippen LogP contribution is 2.78. The van der Waals surface area contributed by atoms with Crippen molar-refractivity contribution in [2.45, 2.75) is 90.0 Å². The molecule has 3 fully saturated rings. The predicted molar refractivity (Wildman–Crippen MR) is 224 cm³/mol. The van der Waals surface area contributed by atoms with E-state index in [4.69, 9.17) is 4.74 Å². The summed E-state index contributed by atoms with van der Waals surface area (Å²) in [6.45, 7) is 7.15. The van der Waals surface area contributed by atoms with Crippen molar-refractivity contribution in [3.05, 3.63) is 138 Å². The largest absolute Gasteiger partial charge is 0.497 e. The van der Waals surface area contributed by atoms with E-state index in [1.54, 1.807) is 7.11 Å². The molecule has 6 aliphatic rings. The van der Waals surface area contributed by atoms with Gasteiger partial charge in [0.25, 0.3) is 0 Å². The number of nitrogens with one attached hydrogen (secondary N) is 1. The molecule has 296 valence electrons. The number of carbonyl (C=O) groups is 2. The van der Waals surface area contributed by atoms with Gasteiger partial charge >= 0.3 is 6.03 Å². The van der Waals surface area contributed by atoms with E-state index in [9.17, 15) is 15.0 Å². The maximum atomic E-state index is 15.0. The SMILES string of the molecule is COc1ccc(C(=O)C2=CC34C=CC25C(CCC2(C)C5CCC2(O)CN(Cc2cccc5ccccc25)C(=O)NC(C)c2ccccc2)C3(C)CCC(O)C4)cc1. The minimum Gasteiger partial charge on any atom is -0.497 e. The molecule has 3 saturated carbocycles. The van der Waals surface area contributed by atoms with Crippen LogP contribution < -0.4 is 10.1 Å². The number of aliphatic hydroxyl groups is 2. The first-order valence-electron chi connectivity index (χ1n) is 21.0. The van der Waals surface area contributed by atoms with Crippen LogP contribution in [0.25, 0.3) is 10.8 Å². The molecule has 0 heterocycles. The summed E-state index contributed by atoms with van der Waals surface area (Å²) in [7, 11) is 1.63. The third-order valence-corrected chi connectivity index (χ3v) is 15.9. The van der Waals surface area contributed by atoms with Gasteiger partial charge in [-0.15, -0.1) is 0 Å². The van der Waals surface area contributed by atoms with Gasteiger partial charge in [-0.05, 0) is 115 Å². The van der Waals surface area contributed by atoms with Crippen molar-refractivity contribution in [1.29, 1.82) is 0 Å². The van der Waals surface area contributed by atoms with Crippen molar-refractivity contribution in [3.8, 4) is 5.75 Å². The number of urea groups is 1. The maximum Gasteiger partial charge on any atom is 0.318 e. The molecular weight excluding hydrogens is 709 g/mol. The Hall–Kier alpha value is -4.72. The van der Waals surface area contributed by atoms with E-state index in [-0.39, 0.29) is 41.7 Å². The average molecular weight is 765 g/mol. The van der Waals surface area contributed by atoms with Crippen LogP contribution in [-0.4, -0.2) is 52.3 Å². The number of methoxy groups -OCH3 is 1. The van der Waals surface area contributed by atoms with Crippen LogP contribution in [0, 0.1) is 33.5 Å². The normalized spacial score (nSPS) is 34.1. The second kappa shape index (κ2) is 13.7. The van der Waals surface area contributed by atoms with Gasteiger partial charge in [-0.2, -0.15) is 0 Å². The Kier molecular flexibility index (Phi) is 9.09. The van der Waals surface area contributed by atoms with Crippen molar-refractivity contribution < 1.29 is 24.5 Å². The number of rotatable bonds is 9. The molecular formula is C50H56N2O5. The van der Waals surface area contributed by atoms with Gasteiger partial charge in [-0.25, -0.2) is 4.79 Å². The third-order valence-electron chi connectivity index (χ3n) is 15.9. The quantitative estimate of drug-likeness (QED) is 0.117. The van der Waals surface area contributed by atoms with Crippen LogP contribution in [0.15, 0.2) is 121 Å². The monoisotopic (exact) mass is 764 g/mol. The maximum absolute atomic E-state index is 15.0. The summed E-state index contributed by atoms with van der Waals surface area (Å²) in [6, 6.07) is 31.4. The molecule has 9 atom stereocenters. The smallest absolute Gasteiger partial charge is 0.318 e. The fraction of sp³-hybridized carbons (Fsp3) is 0.440. The van der Waals surface area contributed by atoms with Crippen LogP contribution in [0.5, 0.6) is 5.75 Å². The zero-order chi connectivity index (χ0) is 39.8. The lowest BCUT2D eigenvalue weighted by molar-refractivity contribution is -0.174. The number of aliphatic hydroxyl groups excluding tert-OH is 1. The summed E-state index contributed by atoms with van der Waals surface area (Å²) in [6.07, 6.45) is 11.7. The lowest BCUT2D eigenvalue weighted by Crippen LogP contribution is -2.67. The van der Waals surface area contributed by atoms with Gasteiger partial charge in [0, 0.05) is 33.9 Å². The molecule has 2 spiro atoms. The van der Waals surface area contributed by atoms with Crippen LogP contribution in [0.1, 0.15) is 93.2 Å². The first-order valence-corrected chi connectivity index (χ1v) is 21.0. The van der Waals surface area contributed by atoms with Crippen LogP contribution in [-0.2, 0) is 6.54 Å². The number of carbonyl (C=O) groups excluding carboxylic acids is 2. The second-order valence-electron chi connectivity index (χ2n) is 18.4. The van der Waals surface area contributed by atoms with E-state index in [0.29, 0.717) is 30.7 Å². The highest BCUT2D eigenvalue weighted by molar-refractivity contribution is 6.10. The van der Waals surface area contributed by atoms with Crippen molar-refractivity contribution in [2.75, 3.05) is 13.7 Å². The molecule has 0 radical (unpaired) electrons. The average Bonchev–Trinajstić information content (AvgIpc) is 3.50. The minimum atomic E-state index is -1.22. The topological polar surface area (TPSA) is 99.1 Å². The molecule has 7 nitrogen and oxygen atoms in total. The molecule has 4 aromatic rings. The Morgan fingerprint density at radius 3 is 2.30 bits per heavy atom. The van der Waals surface area contributed by atoms with E-state index >= 15 is 4.79 Å². The Labute approximate surface area is 336 Å². The zero-order valence-electron chi connectivity index (χ0n) is 33.7. The molecule has 0 aromatic heterocycles. The van der Waals surface area contributed by atoms with Gasteiger partial charge in [0.2, 0.25) is 0 Å². The number of ketones is 1. The summed E-state index contributed by atoms with van der Waals surface area (Å²) in [5.74, 6) is 0.850. The van der Waals surface area contributed by atoms with Crippen molar-refractivity contribution in [3.63, 3.8) is 0 Å². The minimum absolute atomic E-state index is 0.0139. The number of ether oxygens (including phenoxy) is 1. The van der Waals surface area contributed by atoms with E-state index in [2.05, 4.69) is 61.7 Å². The first-order chi connectivity index (χ1) is 27.4. The number of nitrogens with zero attached hydrogens (tertiary/aromatic N) is 1. The Balaban J connectivity index is 1.11. The van der Waals surface area contributed by atoms with Crippen LogP contribution in [0.4, 0.5) is 4.79 Å². The summed E-state index contributed by atoms with van der Waals surface area (Å²) in [5, 5.41) is 29.9. The third kappa shape index (κ3) is 5.66. The highest BCUT2D eigenvalue weighted by atomic mass is 16.5. The molecule has 2 bridgehead atoms. The fourth-order valence-corrected chi connectivity index (χ4v) is 12.7. The van der Waals surface area contributed by atoms with Gasteiger partial charge in [0.05, 0.1) is 31.4 Å². The molecule has 2 amide bonds. The Morgan fingerprint density at radius 1 is 0.842 bits per heavy atom. The lowest BCUT2D eigenvalue weighted by atomic mass is 9.32.